The average molecular weight is 409 g/mol. The third-order valence-electron chi connectivity index (χ3n) is 4.73. The number of aromatic nitrogens is 1. The fourth-order valence-corrected chi connectivity index (χ4v) is 3.27. The lowest BCUT2D eigenvalue weighted by Crippen LogP contribution is -2.24. The van der Waals surface area contributed by atoms with Gasteiger partial charge in [0, 0.05) is 30.9 Å². The zero-order valence-corrected chi connectivity index (χ0v) is 15.5. The first kappa shape index (κ1) is 19.5. The highest BCUT2D eigenvalue weighted by Gasteiger charge is 2.32. The third-order valence-corrected chi connectivity index (χ3v) is 4.73. The quantitative estimate of drug-likeness (QED) is 0.622. The van der Waals surface area contributed by atoms with Gasteiger partial charge in [-0.2, -0.15) is 5.26 Å². The molecule has 150 valence electrons. The largest absolute Gasteiger partial charge is 0.435 e. The van der Waals surface area contributed by atoms with Crippen molar-refractivity contribution in [1.29, 1.82) is 5.26 Å². The Bertz CT molecular complexity index is 1190. The van der Waals surface area contributed by atoms with Gasteiger partial charge < -0.3 is 9.64 Å². The number of hydrogen-bond acceptors (Lipinski definition) is 4. The van der Waals surface area contributed by atoms with E-state index >= 15 is 0 Å². The van der Waals surface area contributed by atoms with Gasteiger partial charge >= 0.3 is 0 Å². The van der Waals surface area contributed by atoms with Crippen molar-refractivity contribution >= 4 is 5.91 Å². The smallest absolute Gasteiger partial charge is 0.260 e. The predicted octanol–water partition coefficient (Wildman–Crippen LogP) is 4.51. The standard InChI is InChI=1S/C22H14F3N3O2/c23-16-3-2-14(17(24)10-16)11-28-12-15-6-8-27-21(20(15)22(28)29)30-19-4-1-13(5-7-26)9-18(19)25/h1-4,6,8-10H,5,11-12H2. The molecule has 0 N–H and O–H groups in total. The van der Waals surface area contributed by atoms with Gasteiger partial charge in [-0.05, 0) is 35.4 Å². The molecule has 5 nitrogen and oxygen atoms in total. The molecular weight excluding hydrogens is 395 g/mol. The molecule has 0 radical (unpaired) electrons. The van der Waals surface area contributed by atoms with E-state index in [9.17, 15) is 18.0 Å². The molecule has 0 atom stereocenters. The van der Waals surface area contributed by atoms with Crippen LogP contribution in [0.15, 0.2) is 48.7 Å². The first-order valence-corrected chi connectivity index (χ1v) is 9.00. The lowest BCUT2D eigenvalue weighted by atomic mass is 10.1. The van der Waals surface area contributed by atoms with E-state index < -0.39 is 23.4 Å². The number of nitrogens with zero attached hydrogens (tertiary/aromatic N) is 3. The van der Waals surface area contributed by atoms with Crippen molar-refractivity contribution in [2.24, 2.45) is 0 Å². The zero-order valence-electron chi connectivity index (χ0n) is 15.5. The number of pyridine rings is 1. The topological polar surface area (TPSA) is 66.2 Å². The highest BCUT2D eigenvalue weighted by atomic mass is 19.1. The lowest BCUT2D eigenvalue weighted by Gasteiger charge is -2.16. The van der Waals surface area contributed by atoms with Crippen molar-refractivity contribution < 1.29 is 22.7 Å². The molecule has 3 aromatic rings. The van der Waals surface area contributed by atoms with Crippen molar-refractivity contribution in [1.82, 2.24) is 9.88 Å². The van der Waals surface area contributed by atoms with Crippen molar-refractivity contribution in [2.45, 2.75) is 19.5 Å². The minimum atomic E-state index is -0.743. The van der Waals surface area contributed by atoms with Crippen LogP contribution in [0.3, 0.4) is 0 Å². The Morgan fingerprint density at radius 3 is 2.67 bits per heavy atom. The van der Waals surface area contributed by atoms with Gasteiger partial charge in [-0.3, -0.25) is 4.79 Å². The number of carbonyl (C=O) groups is 1. The molecule has 4 rings (SSSR count). The maximum Gasteiger partial charge on any atom is 0.260 e. The van der Waals surface area contributed by atoms with Crippen molar-refractivity contribution in [3.8, 4) is 17.7 Å². The van der Waals surface area contributed by atoms with Gasteiger partial charge in [0.2, 0.25) is 5.88 Å². The van der Waals surface area contributed by atoms with Crippen LogP contribution in [0.2, 0.25) is 0 Å². The monoisotopic (exact) mass is 409 g/mol. The third kappa shape index (κ3) is 3.70. The molecule has 1 aliphatic rings. The van der Waals surface area contributed by atoms with Crippen LogP contribution in [0.1, 0.15) is 27.0 Å². The van der Waals surface area contributed by atoms with Crippen LogP contribution in [0.5, 0.6) is 11.6 Å². The summed E-state index contributed by atoms with van der Waals surface area (Å²) in [4.78, 5) is 18.3. The van der Waals surface area contributed by atoms with Gasteiger partial charge in [-0.15, -0.1) is 0 Å². The van der Waals surface area contributed by atoms with Crippen LogP contribution < -0.4 is 4.74 Å². The molecule has 0 bridgehead atoms. The number of benzene rings is 2. The Balaban J connectivity index is 1.59. The molecule has 0 unspecified atom stereocenters. The van der Waals surface area contributed by atoms with Crippen LogP contribution >= 0.6 is 0 Å². The second-order valence-corrected chi connectivity index (χ2v) is 6.75. The molecule has 1 aromatic heterocycles. The van der Waals surface area contributed by atoms with E-state index in [4.69, 9.17) is 10.00 Å². The Kier molecular flexibility index (Phi) is 5.11. The number of fused-ring (bicyclic) bond motifs is 1. The maximum atomic E-state index is 14.3. The van der Waals surface area contributed by atoms with E-state index in [1.165, 1.54) is 29.3 Å². The number of hydrogen-bond donors (Lipinski definition) is 0. The molecule has 1 aliphatic heterocycles. The molecule has 30 heavy (non-hydrogen) atoms. The Hall–Kier alpha value is -3.86. The van der Waals surface area contributed by atoms with E-state index in [2.05, 4.69) is 4.98 Å². The van der Waals surface area contributed by atoms with Gasteiger partial charge in [0.1, 0.15) is 17.2 Å². The molecular formula is C22H14F3N3O2. The van der Waals surface area contributed by atoms with Gasteiger partial charge in [0.15, 0.2) is 11.6 Å². The SMILES string of the molecule is N#CCc1ccc(Oc2nccc3c2C(=O)N(Cc2ccc(F)cc2F)C3)c(F)c1. The molecule has 2 heterocycles. The number of carbonyl (C=O) groups excluding carboxylic acids is 1. The summed E-state index contributed by atoms with van der Waals surface area (Å²) in [6.45, 7) is 0.129. The van der Waals surface area contributed by atoms with E-state index in [0.29, 0.717) is 11.1 Å². The Morgan fingerprint density at radius 1 is 1.10 bits per heavy atom. The Morgan fingerprint density at radius 2 is 1.93 bits per heavy atom. The predicted molar refractivity (Wildman–Crippen MR) is 100.0 cm³/mol. The van der Waals surface area contributed by atoms with Crippen LogP contribution in [0, 0.1) is 28.8 Å². The fraction of sp³-hybridized carbons (Fsp3) is 0.136. The first-order valence-electron chi connectivity index (χ1n) is 9.00. The minimum Gasteiger partial charge on any atom is -0.435 e. The Labute approximate surface area is 170 Å². The first-order chi connectivity index (χ1) is 14.5. The minimum absolute atomic E-state index is 0.0591. The number of amides is 1. The average Bonchev–Trinajstić information content (AvgIpc) is 3.03. The number of ether oxygens (including phenoxy) is 1. The molecule has 0 spiro atoms. The van der Waals surface area contributed by atoms with Gasteiger partial charge in [-0.1, -0.05) is 12.1 Å². The van der Waals surface area contributed by atoms with Gasteiger partial charge in [0.05, 0.1) is 12.5 Å². The van der Waals surface area contributed by atoms with E-state index in [-0.39, 0.29) is 42.3 Å². The fourth-order valence-electron chi connectivity index (χ4n) is 3.27. The van der Waals surface area contributed by atoms with Crippen molar-refractivity contribution in [3.63, 3.8) is 0 Å². The number of halogens is 3. The van der Waals surface area contributed by atoms with Gasteiger partial charge in [-0.25, -0.2) is 18.2 Å². The van der Waals surface area contributed by atoms with Crippen LogP contribution in [0.4, 0.5) is 13.2 Å². The molecule has 2 aromatic carbocycles. The zero-order chi connectivity index (χ0) is 21.3. The number of rotatable bonds is 5. The molecule has 0 fully saturated rings. The molecule has 8 heteroatoms. The van der Waals surface area contributed by atoms with Crippen LogP contribution in [-0.4, -0.2) is 15.8 Å². The molecule has 1 amide bonds. The number of nitriles is 1. The molecule has 0 saturated carbocycles. The van der Waals surface area contributed by atoms with Gasteiger partial charge in [0.25, 0.3) is 5.91 Å². The lowest BCUT2D eigenvalue weighted by molar-refractivity contribution is 0.0763. The summed E-state index contributed by atoms with van der Waals surface area (Å²) in [7, 11) is 0. The van der Waals surface area contributed by atoms with Crippen LogP contribution in [0.25, 0.3) is 0 Å². The highest BCUT2D eigenvalue weighted by molar-refractivity contribution is 6.00. The summed E-state index contributed by atoms with van der Waals surface area (Å²) in [5, 5.41) is 8.71. The van der Waals surface area contributed by atoms with E-state index in [1.54, 1.807) is 12.1 Å². The summed E-state index contributed by atoms with van der Waals surface area (Å²) in [5.74, 6) is -2.76. The summed E-state index contributed by atoms with van der Waals surface area (Å²) in [6.07, 6.45) is 1.49. The second-order valence-electron chi connectivity index (χ2n) is 6.75. The maximum absolute atomic E-state index is 14.3. The summed E-state index contributed by atoms with van der Waals surface area (Å²) < 4.78 is 47.0. The molecule has 0 saturated heterocycles. The molecule has 0 aliphatic carbocycles. The second kappa shape index (κ2) is 7.87. The summed E-state index contributed by atoms with van der Waals surface area (Å²) in [5.41, 5.74) is 1.44. The van der Waals surface area contributed by atoms with E-state index in [0.717, 1.165) is 12.1 Å². The normalized spacial score (nSPS) is 12.6. The van der Waals surface area contributed by atoms with Crippen LogP contribution in [-0.2, 0) is 19.5 Å². The van der Waals surface area contributed by atoms with E-state index in [1.807, 2.05) is 6.07 Å². The van der Waals surface area contributed by atoms with Crippen molar-refractivity contribution in [3.05, 3.63) is 88.4 Å². The summed E-state index contributed by atoms with van der Waals surface area (Å²) >= 11 is 0. The van der Waals surface area contributed by atoms with Crippen molar-refractivity contribution in [2.75, 3.05) is 0 Å². The summed E-state index contributed by atoms with van der Waals surface area (Å²) in [6, 6.07) is 10.8. The highest BCUT2D eigenvalue weighted by Crippen LogP contribution is 2.34.